The maximum absolute atomic E-state index is 11.5. The van der Waals surface area contributed by atoms with Crippen molar-refractivity contribution in [2.75, 3.05) is 13.7 Å². The standard InChI is InChI=1S/C15H24N2O2/c1-10(2)17-15(18)16-7-6-13-8-11(3)12(4)9-14(13)19-5/h8-10H,6-7H2,1-5H3,(H2,16,17,18). The fourth-order valence-corrected chi connectivity index (χ4v) is 1.86. The van der Waals surface area contributed by atoms with E-state index in [1.165, 1.54) is 11.1 Å². The second-order valence-electron chi connectivity index (χ2n) is 5.05. The molecule has 2 N–H and O–H groups in total. The number of amides is 2. The Balaban J connectivity index is 2.58. The second-order valence-corrected chi connectivity index (χ2v) is 5.05. The lowest BCUT2D eigenvalue weighted by atomic mass is 10.0. The molecule has 0 heterocycles. The van der Waals surface area contributed by atoms with Crippen LogP contribution in [0.15, 0.2) is 12.1 Å². The van der Waals surface area contributed by atoms with Crippen LogP contribution in [-0.4, -0.2) is 25.7 Å². The van der Waals surface area contributed by atoms with Gasteiger partial charge in [-0.25, -0.2) is 4.79 Å². The Morgan fingerprint density at radius 3 is 2.47 bits per heavy atom. The van der Waals surface area contributed by atoms with Gasteiger partial charge in [-0.1, -0.05) is 6.07 Å². The van der Waals surface area contributed by atoms with E-state index in [9.17, 15) is 4.79 Å². The Morgan fingerprint density at radius 2 is 1.89 bits per heavy atom. The van der Waals surface area contributed by atoms with Crippen molar-refractivity contribution in [3.63, 3.8) is 0 Å². The van der Waals surface area contributed by atoms with Crippen molar-refractivity contribution in [2.24, 2.45) is 0 Å². The van der Waals surface area contributed by atoms with E-state index in [1.807, 2.05) is 19.9 Å². The third kappa shape index (κ3) is 4.81. The normalized spacial score (nSPS) is 10.4. The van der Waals surface area contributed by atoms with Crippen LogP contribution in [0, 0.1) is 13.8 Å². The van der Waals surface area contributed by atoms with Crippen molar-refractivity contribution in [3.05, 3.63) is 28.8 Å². The molecule has 0 aliphatic carbocycles. The van der Waals surface area contributed by atoms with Crippen LogP contribution < -0.4 is 15.4 Å². The Labute approximate surface area is 115 Å². The zero-order valence-corrected chi connectivity index (χ0v) is 12.5. The van der Waals surface area contributed by atoms with Gasteiger partial charge in [0.2, 0.25) is 0 Å². The minimum atomic E-state index is -0.127. The SMILES string of the molecule is COc1cc(C)c(C)cc1CCNC(=O)NC(C)C. The van der Waals surface area contributed by atoms with Crippen LogP contribution in [0.4, 0.5) is 4.79 Å². The number of benzene rings is 1. The van der Waals surface area contributed by atoms with Crippen LogP contribution in [0.25, 0.3) is 0 Å². The number of nitrogens with one attached hydrogen (secondary N) is 2. The summed E-state index contributed by atoms with van der Waals surface area (Å²) < 4.78 is 5.37. The molecule has 0 spiro atoms. The molecule has 106 valence electrons. The third-order valence-electron chi connectivity index (χ3n) is 3.00. The first-order valence-electron chi connectivity index (χ1n) is 6.62. The monoisotopic (exact) mass is 264 g/mol. The van der Waals surface area contributed by atoms with Crippen LogP contribution in [0.2, 0.25) is 0 Å². The summed E-state index contributed by atoms with van der Waals surface area (Å²) >= 11 is 0. The van der Waals surface area contributed by atoms with Crippen LogP contribution in [0.3, 0.4) is 0 Å². The average molecular weight is 264 g/mol. The highest BCUT2D eigenvalue weighted by Gasteiger charge is 2.07. The van der Waals surface area contributed by atoms with Crippen LogP contribution in [0.1, 0.15) is 30.5 Å². The predicted molar refractivity (Wildman–Crippen MR) is 77.8 cm³/mol. The molecule has 0 atom stereocenters. The summed E-state index contributed by atoms with van der Waals surface area (Å²) in [5.41, 5.74) is 3.57. The molecule has 4 nitrogen and oxygen atoms in total. The van der Waals surface area contributed by atoms with Crippen LogP contribution in [-0.2, 0) is 6.42 Å². The van der Waals surface area contributed by atoms with Crippen molar-refractivity contribution in [2.45, 2.75) is 40.2 Å². The van der Waals surface area contributed by atoms with Gasteiger partial charge in [-0.05, 0) is 56.9 Å². The smallest absolute Gasteiger partial charge is 0.314 e. The molecule has 0 unspecified atom stereocenters. The minimum absolute atomic E-state index is 0.127. The summed E-state index contributed by atoms with van der Waals surface area (Å²) in [6.07, 6.45) is 0.760. The molecule has 4 heteroatoms. The van der Waals surface area contributed by atoms with Gasteiger partial charge in [-0.3, -0.25) is 0 Å². The first-order valence-corrected chi connectivity index (χ1v) is 6.62. The lowest BCUT2D eigenvalue weighted by Gasteiger charge is -2.13. The van der Waals surface area contributed by atoms with Gasteiger partial charge in [0.25, 0.3) is 0 Å². The highest BCUT2D eigenvalue weighted by molar-refractivity contribution is 5.74. The summed E-state index contributed by atoms with van der Waals surface area (Å²) in [6.45, 7) is 8.61. The Morgan fingerprint density at radius 1 is 1.26 bits per heavy atom. The van der Waals surface area contributed by atoms with Gasteiger partial charge in [0.1, 0.15) is 5.75 Å². The van der Waals surface area contributed by atoms with Crippen molar-refractivity contribution in [1.29, 1.82) is 0 Å². The number of rotatable bonds is 5. The molecule has 0 saturated carbocycles. The number of ether oxygens (including phenoxy) is 1. The lowest BCUT2D eigenvalue weighted by Crippen LogP contribution is -2.40. The first kappa shape index (κ1) is 15.3. The number of carbonyl (C=O) groups is 1. The van der Waals surface area contributed by atoms with E-state index in [1.54, 1.807) is 7.11 Å². The van der Waals surface area contributed by atoms with Gasteiger partial charge in [0, 0.05) is 12.6 Å². The maximum Gasteiger partial charge on any atom is 0.314 e. The quantitative estimate of drug-likeness (QED) is 0.858. The molecule has 1 aromatic carbocycles. The summed E-state index contributed by atoms with van der Waals surface area (Å²) in [4.78, 5) is 11.5. The number of hydrogen-bond donors (Lipinski definition) is 2. The molecular weight excluding hydrogens is 240 g/mol. The van der Waals surface area contributed by atoms with Gasteiger partial charge in [0.15, 0.2) is 0 Å². The fraction of sp³-hybridized carbons (Fsp3) is 0.533. The molecular formula is C15H24N2O2. The van der Waals surface area contributed by atoms with E-state index in [4.69, 9.17) is 4.74 Å². The average Bonchev–Trinajstić information content (AvgIpc) is 2.32. The van der Waals surface area contributed by atoms with Crippen molar-refractivity contribution >= 4 is 6.03 Å². The molecule has 2 amide bonds. The third-order valence-corrected chi connectivity index (χ3v) is 3.00. The molecule has 0 aliphatic rings. The molecule has 0 radical (unpaired) electrons. The Bertz CT molecular complexity index is 442. The number of hydrogen-bond acceptors (Lipinski definition) is 2. The van der Waals surface area contributed by atoms with Crippen molar-refractivity contribution < 1.29 is 9.53 Å². The summed E-state index contributed by atoms with van der Waals surface area (Å²) in [5, 5.41) is 5.64. The maximum atomic E-state index is 11.5. The van der Waals surface area contributed by atoms with Crippen LogP contribution >= 0.6 is 0 Å². The molecule has 0 fully saturated rings. The number of aryl methyl sites for hydroxylation is 2. The second kappa shape index (κ2) is 7.02. The van der Waals surface area contributed by atoms with Gasteiger partial charge in [0.05, 0.1) is 7.11 Å². The number of urea groups is 1. The van der Waals surface area contributed by atoms with E-state index in [0.717, 1.165) is 17.7 Å². The van der Waals surface area contributed by atoms with Gasteiger partial charge < -0.3 is 15.4 Å². The predicted octanol–water partition coefficient (Wildman–Crippen LogP) is 2.56. The molecule has 0 aliphatic heterocycles. The van der Waals surface area contributed by atoms with Crippen molar-refractivity contribution in [1.82, 2.24) is 10.6 Å². The molecule has 0 aromatic heterocycles. The molecule has 19 heavy (non-hydrogen) atoms. The minimum Gasteiger partial charge on any atom is -0.496 e. The molecule has 1 aromatic rings. The van der Waals surface area contributed by atoms with E-state index in [-0.39, 0.29) is 12.1 Å². The van der Waals surface area contributed by atoms with Gasteiger partial charge in [-0.15, -0.1) is 0 Å². The Hall–Kier alpha value is -1.71. The molecule has 0 saturated heterocycles. The molecule has 1 rings (SSSR count). The zero-order chi connectivity index (χ0) is 14.4. The van der Waals surface area contributed by atoms with Gasteiger partial charge >= 0.3 is 6.03 Å². The molecule has 0 bridgehead atoms. The summed E-state index contributed by atoms with van der Waals surface area (Å²) in [7, 11) is 1.67. The highest BCUT2D eigenvalue weighted by Crippen LogP contribution is 2.23. The lowest BCUT2D eigenvalue weighted by molar-refractivity contribution is 0.238. The highest BCUT2D eigenvalue weighted by atomic mass is 16.5. The summed E-state index contributed by atoms with van der Waals surface area (Å²) in [5.74, 6) is 0.883. The Kier molecular flexibility index (Phi) is 5.67. The van der Waals surface area contributed by atoms with E-state index in [0.29, 0.717) is 6.54 Å². The largest absolute Gasteiger partial charge is 0.496 e. The van der Waals surface area contributed by atoms with E-state index in [2.05, 4.69) is 30.5 Å². The first-order chi connectivity index (χ1) is 8.93. The van der Waals surface area contributed by atoms with Crippen molar-refractivity contribution in [3.8, 4) is 5.75 Å². The van der Waals surface area contributed by atoms with E-state index < -0.39 is 0 Å². The van der Waals surface area contributed by atoms with E-state index >= 15 is 0 Å². The summed E-state index contributed by atoms with van der Waals surface area (Å²) in [6, 6.07) is 4.18. The number of methoxy groups -OCH3 is 1. The zero-order valence-electron chi connectivity index (χ0n) is 12.5. The number of carbonyl (C=O) groups excluding carboxylic acids is 1. The fourth-order valence-electron chi connectivity index (χ4n) is 1.86. The van der Waals surface area contributed by atoms with Crippen LogP contribution in [0.5, 0.6) is 5.75 Å². The van der Waals surface area contributed by atoms with Gasteiger partial charge in [-0.2, -0.15) is 0 Å². The topological polar surface area (TPSA) is 50.4 Å².